The fraction of sp³-hybridized carbons (Fsp3) is 0.381. The van der Waals surface area contributed by atoms with Crippen LogP contribution in [-0.4, -0.2) is 56.5 Å². The Kier molecular flexibility index (Phi) is 4.89. The van der Waals surface area contributed by atoms with E-state index in [4.69, 9.17) is 4.74 Å². The molecule has 2 heterocycles. The first-order chi connectivity index (χ1) is 13.4. The average molecular weight is 401 g/mol. The van der Waals surface area contributed by atoms with E-state index in [2.05, 4.69) is 0 Å². The van der Waals surface area contributed by atoms with Gasteiger partial charge in [0.1, 0.15) is 5.75 Å². The molecule has 2 aliphatic rings. The van der Waals surface area contributed by atoms with Crippen LogP contribution in [0.5, 0.6) is 5.75 Å². The quantitative estimate of drug-likeness (QED) is 0.788. The summed E-state index contributed by atoms with van der Waals surface area (Å²) in [4.78, 5) is 16.8. The van der Waals surface area contributed by atoms with E-state index in [1.807, 2.05) is 54.3 Å². The Balaban J connectivity index is 1.69. The standard InChI is InChI=1S/C21H24N2O4S/c1-15(16-6-4-3-5-7-16)22-12-21(24)23(17-8-10-18(27-2)11-9-17)20-14-28(25,26)13-19(20)22/h3-11,15,19-20H,12-14H2,1-2H3/t15-,19+,20-/m1/s1. The highest BCUT2D eigenvalue weighted by molar-refractivity contribution is 7.91. The minimum Gasteiger partial charge on any atom is -0.497 e. The van der Waals surface area contributed by atoms with E-state index >= 15 is 0 Å². The summed E-state index contributed by atoms with van der Waals surface area (Å²) >= 11 is 0. The number of rotatable bonds is 4. The van der Waals surface area contributed by atoms with Crippen molar-refractivity contribution in [3.8, 4) is 5.75 Å². The summed E-state index contributed by atoms with van der Waals surface area (Å²) in [5.41, 5.74) is 1.79. The third-order valence-electron chi connectivity index (χ3n) is 5.77. The molecule has 4 rings (SSSR count). The highest BCUT2D eigenvalue weighted by atomic mass is 32.2. The van der Waals surface area contributed by atoms with Gasteiger partial charge in [-0.3, -0.25) is 9.69 Å². The number of ether oxygens (including phenoxy) is 1. The summed E-state index contributed by atoms with van der Waals surface area (Å²) in [6, 6.07) is 16.5. The van der Waals surface area contributed by atoms with Crippen molar-refractivity contribution >= 4 is 21.4 Å². The molecule has 6 nitrogen and oxygen atoms in total. The largest absolute Gasteiger partial charge is 0.497 e. The van der Waals surface area contributed by atoms with Gasteiger partial charge in [-0.25, -0.2) is 8.42 Å². The molecule has 0 radical (unpaired) electrons. The molecule has 2 aliphatic heterocycles. The maximum Gasteiger partial charge on any atom is 0.241 e. The summed E-state index contributed by atoms with van der Waals surface area (Å²) in [5.74, 6) is 0.691. The van der Waals surface area contributed by atoms with E-state index in [1.54, 1.807) is 24.1 Å². The lowest BCUT2D eigenvalue weighted by Gasteiger charge is -2.46. The van der Waals surface area contributed by atoms with Crippen molar-refractivity contribution in [3.63, 3.8) is 0 Å². The van der Waals surface area contributed by atoms with Crippen LogP contribution < -0.4 is 9.64 Å². The molecule has 0 aromatic heterocycles. The highest BCUT2D eigenvalue weighted by Crippen LogP contribution is 2.36. The Morgan fingerprint density at radius 3 is 2.29 bits per heavy atom. The number of amides is 1. The van der Waals surface area contributed by atoms with Gasteiger partial charge in [0.2, 0.25) is 5.91 Å². The number of nitrogens with zero attached hydrogens (tertiary/aromatic N) is 2. The lowest BCUT2D eigenvalue weighted by Crippen LogP contribution is -2.62. The van der Waals surface area contributed by atoms with Gasteiger partial charge in [-0.05, 0) is 36.8 Å². The third-order valence-corrected chi connectivity index (χ3v) is 7.47. The molecular formula is C21H24N2O4S. The first-order valence-electron chi connectivity index (χ1n) is 9.37. The van der Waals surface area contributed by atoms with E-state index in [9.17, 15) is 13.2 Å². The van der Waals surface area contributed by atoms with Gasteiger partial charge in [0, 0.05) is 17.8 Å². The number of carbonyl (C=O) groups is 1. The molecule has 148 valence electrons. The molecule has 2 aromatic carbocycles. The number of piperazine rings is 1. The Hall–Kier alpha value is -2.38. The van der Waals surface area contributed by atoms with E-state index in [0.717, 1.165) is 5.56 Å². The molecule has 0 N–H and O–H groups in total. The van der Waals surface area contributed by atoms with Gasteiger partial charge in [-0.1, -0.05) is 30.3 Å². The normalized spacial score (nSPS) is 25.4. The van der Waals surface area contributed by atoms with Crippen molar-refractivity contribution in [1.29, 1.82) is 0 Å². The number of hydrogen-bond donors (Lipinski definition) is 0. The van der Waals surface area contributed by atoms with Crippen molar-refractivity contribution in [1.82, 2.24) is 4.90 Å². The molecule has 0 saturated carbocycles. The van der Waals surface area contributed by atoms with Crippen molar-refractivity contribution in [2.75, 3.05) is 30.1 Å². The lowest BCUT2D eigenvalue weighted by atomic mass is 9.98. The maximum atomic E-state index is 13.1. The van der Waals surface area contributed by atoms with Crippen LogP contribution in [-0.2, 0) is 14.6 Å². The zero-order valence-electron chi connectivity index (χ0n) is 16.0. The first-order valence-corrected chi connectivity index (χ1v) is 11.2. The topological polar surface area (TPSA) is 66.9 Å². The predicted molar refractivity (Wildman–Crippen MR) is 108 cm³/mol. The second-order valence-corrected chi connectivity index (χ2v) is 9.59. The molecule has 28 heavy (non-hydrogen) atoms. The smallest absolute Gasteiger partial charge is 0.241 e. The van der Waals surface area contributed by atoms with Gasteiger partial charge in [0.05, 0.1) is 31.2 Å². The van der Waals surface area contributed by atoms with Crippen LogP contribution in [0.15, 0.2) is 54.6 Å². The monoisotopic (exact) mass is 400 g/mol. The number of benzene rings is 2. The zero-order chi connectivity index (χ0) is 19.9. The lowest BCUT2D eigenvalue weighted by molar-refractivity contribution is -0.124. The number of methoxy groups -OCH3 is 1. The van der Waals surface area contributed by atoms with Crippen LogP contribution in [0.2, 0.25) is 0 Å². The molecule has 0 unspecified atom stereocenters. The van der Waals surface area contributed by atoms with Gasteiger partial charge < -0.3 is 9.64 Å². The second kappa shape index (κ2) is 7.22. The zero-order valence-corrected chi connectivity index (χ0v) is 16.8. The fourth-order valence-corrected chi connectivity index (χ4v) is 6.30. The number of hydrogen-bond acceptors (Lipinski definition) is 5. The molecule has 3 atom stereocenters. The van der Waals surface area contributed by atoms with Crippen molar-refractivity contribution in [2.45, 2.75) is 25.0 Å². The predicted octanol–water partition coefficient (Wildman–Crippen LogP) is 2.27. The molecule has 0 bridgehead atoms. The van der Waals surface area contributed by atoms with Crippen LogP contribution in [0.4, 0.5) is 5.69 Å². The van der Waals surface area contributed by atoms with E-state index in [0.29, 0.717) is 11.4 Å². The first kappa shape index (κ1) is 19.0. The van der Waals surface area contributed by atoms with E-state index < -0.39 is 9.84 Å². The fourth-order valence-electron chi connectivity index (χ4n) is 4.33. The molecule has 2 saturated heterocycles. The molecule has 0 aliphatic carbocycles. The van der Waals surface area contributed by atoms with Gasteiger partial charge in [0.15, 0.2) is 9.84 Å². The Bertz CT molecular complexity index is 960. The minimum absolute atomic E-state index is 0.00650. The molecule has 7 heteroatoms. The van der Waals surface area contributed by atoms with Crippen molar-refractivity contribution in [2.24, 2.45) is 0 Å². The summed E-state index contributed by atoms with van der Waals surface area (Å²) in [5, 5.41) is 0. The summed E-state index contributed by atoms with van der Waals surface area (Å²) < 4.78 is 30.2. The minimum atomic E-state index is -3.21. The van der Waals surface area contributed by atoms with Crippen LogP contribution in [0.1, 0.15) is 18.5 Å². The van der Waals surface area contributed by atoms with Crippen molar-refractivity contribution in [3.05, 3.63) is 60.2 Å². The van der Waals surface area contributed by atoms with Crippen LogP contribution in [0.25, 0.3) is 0 Å². The van der Waals surface area contributed by atoms with Crippen molar-refractivity contribution < 1.29 is 17.9 Å². The Morgan fingerprint density at radius 2 is 1.64 bits per heavy atom. The molecule has 2 aromatic rings. The second-order valence-electron chi connectivity index (χ2n) is 7.43. The Morgan fingerprint density at radius 1 is 1.00 bits per heavy atom. The molecule has 1 amide bonds. The van der Waals surface area contributed by atoms with Gasteiger partial charge in [-0.15, -0.1) is 0 Å². The average Bonchev–Trinajstić information content (AvgIpc) is 3.02. The van der Waals surface area contributed by atoms with Crippen LogP contribution in [0.3, 0.4) is 0 Å². The van der Waals surface area contributed by atoms with Crippen LogP contribution >= 0.6 is 0 Å². The molecule has 0 spiro atoms. The molecular weight excluding hydrogens is 376 g/mol. The maximum absolute atomic E-state index is 13.1. The number of carbonyl (C=O) groups excluding carboxylic acids is 1. The molecule has 2 fully saturated rings. The number of anilines is 1. The third kappa shape index (κ3) is 3.40. The van der Waals surface area contributed by atoms with Gasteiger partial charge >= 0.3 is 0 Å². The SMILES string of the molecule is COc1ccc(N2C(=O)CN([C@H](C)c3ccccc3)[C@H]3CS(=O)(=O)C[C@H]32)cc1. The summed E-state index contributed by atoms with van der Waals surface area (Å²) in [6.07, 6.45) is 0. The van der Waals surface area contributed by atoms with Gasteiger partial charge in [-0.2, -0.15) is 0 Å². The van der Waals surface area contributed by atoms with E-state index in [1.165, 1.54) is 0 Å². The number of fused-ring (bicyclic) bond motifs is 1. The highest BCUT2D eigenvalue weighted by Gasteiger charge is 2.50. The van der Waals surface area contributed by atoms with E-state index in [-0.39, 0.29) is 42.1 Å². The number of sulfone groups is 1. The summed E-state index contributed by atoms with van der Waals surface area (Å²) in [6.45, 7) is 2.23. The summed E-state index contributed by atoms with van der Waals surface area (Å²) in [7, 11) is -1.63. The van der Waals surface area contributed by atoms with Gasteiger partial charge in [0.25, 0.3) is 0 Å². The Labute approximate surface area is 165 Å². The van der Waals surface area contributed by atoms with Crippen LogP contribution in [0, 0.1) is 0 Å².